The minimum Gasteiger partial charge on any atom is -0.399 e. The number of hydrogen-bond acceptors (Lipinski definition) is 3. The van der Waals surface area contributed by atoms with Crippen molar-refractivity contribution in [1.82, 2.24) is 0 Å². The summed E-state index contributed by atoms with van der Waals surface area (Å²) >= 11 is 0. The van der Waals surface area contributed by atoms with E-state index in [1.165, 1.54) is 24.3 Å². The summed E-state index contributed by atoms with van der Waals surface area (Å²) < 4.78 is 12.9. The number of carbonyl (C=O) groups is 2. The predicted molar refractivity (Wildman–Crippen MR) is 104 cm³/mol. The number of nitrogen functional groups attached to an aromatic ring is 1. The van der Waals surface area contributed by atoms with Crippen molar-refractivity contribution in [3.63, 3.8) is 0 Å². The minimum atomic E-state index is -0.376. The third kappa shape index (κ3) is 5.15. The maximum Gasteiger partial charge on any atom is 0.255 e. The predicted octanol–water partition coefficient (Wildman–Crippen LogP) is 3.84. The first-order chi connectivity index (χ1) is 13.0. The average Bonchev–Trinajstić information content (AvgIpc) is 2.65. The van der Waals surface area contributed by atoms with Crippen LogP contribution in [0.15, 0.2) is 72.8 Å². The van der Waals surface area contributed by atoms with Crippen molar-refractivity contribution in [2.45, 2.75) is 6.42 Å². The van der Waals surface area contributed by atoms with Crippen LogP contribution in [0.5, 0.6) is 0 Å². The van der Waals surface area contributed by atoms with Gasteiger partial charge in [0.05, 0.1) is 6.42 Å². The fraction of sp³-hybridized carbons (Fsp3) is 0.0476. The van der Waals surface area contributed by atoms with Crippen LogP contribution in [0.25, 0.3) is 0 Å². The van der Waals surface area contributed by atoms with Crippen LogP contribution < -0.4 is 16.4 Å². The molecule has 0 fully saturated rings. The molecule has 0 heterocycles. The summed E-state index contributed by atoms with van der Waals surface area (Å²) in [4.78, 5) is 24.5. The summed E-state index contributed by atoms with van der Waals surface area (Å²) in [7, 11) is 0. The van der Waals surface area contributed by atoms with E-state index in [-0.39, 0.29) is 24.1 Å². The number of halogens is 1. The lowest BCUT2D eigenvalue weighted by atomic mass is 10.1. The van der Waals surface area contributed by atoms with Crippen LogP contribution in [-0.2, 0) is 11.2 Å². The molecule has 0 aromatic heterocycles. The van der Waals surface area contributed by atoms with Crippen molar-refractivity contribution in [3.8, 4) is 0 Å². The fourth-order valence-electron chi connectivity index (χ4n) is 2.50. The second kappa shape index (κ2) is 8.14. The Kier molecular flexibility index (Phi) is 5.47. The second-order valence-electron chi connectivity index (χ2n) is 6.01. The van der Waals surface area contributed by atoms with E-state index >= 15 is 0 Å². The molecule has 0 atom stereocenters. The topological polar surface area (TPSA) is 84.2 Å². The van der Waals surface area contributed by atoms with Crippen LogP contribution in [-0.4, -0.2) is 11.8 Å². The molecule has 27 heavy (non-hydrogen) atoms. The largest absolute Gasteiger partial charge is 0.399 e. The summed E-state index contributed by atoms with van der Waals surface area (Å²) in [6.07, 6.45) is 0.201. The molecule has 5 nitrogen and oxygen atoms in total. The number of nitrogens with one attached hydrogen (secondary N) is 2. The molecule has 3 aromatic rings. The summed E-state index contributed by atoms with van der Waals surface area (Å²) in [5, 5.41) is 5.45. The van der Waals surface area contributed by atoms with Gasteiger partial charge in [-0.3, -0.25) is 9.59 Å². The number of carbonyl (C=O) groups excluding carboxylic acids is 2. The number of anilines is 3. The van der Waals surface area contributed by atoms with Crippen molar-refractivity contribution in [2.75, 3.05) is 16.4 Å². The van der Waals surface area contributed by atoms with Gasteiger partial charge in [0.2, 0.25) is 5.91 Å². The third-order valence-electron chi connectivity index (χ3n) is 3.86. The highest BCUT2D eigenvalue weighted by Gasteiger charge is 2.09. The van der Waals surface area contributed by atoms with Gasteiger partial charge in [0.15, 0.2) is 0 Å². The van der Waals surface area contributed by atoms with Crippen LogP contribution in [0.3, 0.4) is 0 Å². The highest BCUT2D eigenvalue weighted by atomic mass is 19.1. The van der Waals surface area contributed by atoms with Gasteiger partial charge >= 0.3 is 0 Å². The quantitative estimate of drug-likeness (QED) is 0.602. The number of rotatable bonds is 5. The van der Waals surface area contributed by atoms with Crippen LogP contribution in [0, 0.1) is 5.82 Å². The zero-order valence-electron chi connectivity index (χ0n) is 14.4. The van der Waals surface area contributed by atoms with Crippen LogP contribution in [0.1, 0.15) is 15.9 Å². The molecule has 3 rings (SSSR count). The fourth-order valence-corrected chi connectivity index (χ4v) is 2.50. The first-order valence-corrected chi connectivity index (χ1v) is 8.31. The van der Waals surface area contributed by atoms with E-state index in [2.05, 4.69) is 10.6 Å². The van der Waals surface area contributed by atoms with E-state index in [4.69, 9.17) is 5.73 Å². The highest BCUT2D eigenvalue weighted by Crippen LogP contribution is 2.15. The molecule has 0 saturated heterocycles. The SMILES string of the molecule is Nc1ccc(CC(=O)Nc2cccc(C(=O)Nc3ccc(F)cc3)c2)cc1. The molecule has 0 saturated carbocycles. The minimum absolute atomic E-state index is 0.198. The number of hydrogen-bond donors (Lipinski definition) is 3. The maximum absolute atomic E-state index is 12.9. The Morgan fingerprint density at radius 3 is 2.26 bits per heavy atom. The van der Waals surface area contributed by atoms with Gasteiger partial charge in [-0.25, -0.2) is 4.39 Å². The molecule has 136 valence electrons. The number of benzene rings is 3. The van der Waals surface area contributed by atoms with E-state index in [1.807, 2.05) is 0 Å². The van der Waals surface area contributed by atoms with Gasteiger partial charge < -0.3 is 16.4 Å². The molecular formula is C21H18FN3O2. The summed E-state index contributed by atoms with van der Waals surface area (Å²) in [6.45, 7) is 0. The van der Waals surface area contributed by atoms with Gasteiger partial charge in [-0.15, -0.1) is 0 Å². The van der Waals surface area contributed by atoms with Crippen LogP contribution >= 0.6 is 0 Å². The third-order valence-corrected chi connectivity index (χ3v) is 3.86. The Hall–Kier alpha value is -3.67. The zero-order chi connectivity index (χ0) is 19.2. The van der Waals surface area contributed by atoms with Crippen molar-refractivity contribution in [1.29, 1.82) is 0 Å². The first-order valence-electron chi connectivity index (χ1n) is 8.31. The first kappa shape index (κ1) is 18.1. The van der Waals surface area contributed by atoms with E-state index in [1.54, 1.807) is 48.5 Å². The van der Waals surface area contributed by atoms with E-state index in [0.717, 1.165) is 5.56 Å². The Labute approximate surface area is 156 Å². The van der Waals surface area contributed by atoms with E-state index in [0.29, 0.717) is 22.6 Å². The molecule has 0 aliphatic carbocycles. The maximum atomic E-state index is 12.9. The summed E-state index contributed by atoms with van der Waals surface area (Å²) in [6, 6.07) is 19.2. The molecular weight excluding hydrogens is 345 g/mol. The molecule has 0 unspecified atom stereocenters. The second-order valence-corrected chi connectivity index (χ2v) is 6.01. The van der Waals surface area contributed by atoms with Crippen LogP contribution in [0.2, 0.25) is 0 Å². The summed E-state index contributed by atoms with van der Waals surface area (Å²) in [5.74, 6) is -0.925. The van der Waals surface area contributed by atoms with Crippen LogP contribution in [0.4, 0.5) is 21.5 Å². The molecule has 3 aromatic carbocycles. The lowest BCUT2D eigenvalue weighted by Gasteiger charge is -2.09. The molecule has 6 heteroatoms. The normalized spacial score (nSPS) is 10.3. The standard InChI is InChI=1S/C21H18FN3O2/c22-16-6-10-18(11-7-16)25-21(27)15-2-1-3-19(13-15)24-20(26)12-14-4-8-17(23)9-5-14/h1-11,13H,12,23H2,(H,24,26)(H,25,27). The molecule has 0 aliphatic heterocycles. The monoisotopic (exact) mass is 363 g/mol. The van der Waals surface area contributed by atoms with Gasteiger partial charge in [0.1, 0.15) is 5.82 Å². The summed E-state index contributed by atoms with van der Waals surface area (Å²) in [5.41, 5.74) is 8.49. The van der Waals surface area contributed by atoms with Gasteiger partial charge in [0.25, 0.3) is 5.91 Å². The Bertz CT molecular complexity index is 954. The Morgan fingerprint density at radius 1 is 0.852 bits per heavy atom. The zero-order valence-corrected chi connectivity index (χ0v) is 14.4. The van der Waals surface area contributed by atoms with E-state index < -0.39 is 0 Å². The molecule has 0 spiro atoms. The van der Waals surface area contributed by atoms with E-state index in [9.17, 15) is 14.0 Å². The molecule has 0 aliphatic rings. The lowest BCUT2D eigenvalue weighted by Crippen LogP contribution is -2.16. The molecule has 0 radical (unpaired) electrons. The van der Waals surface area contributed by atoms with Gasteiger partial charge in [-0.1, -0.05) is 18.2 Å². The Morgan fingerprint density at radius 2 is 1.56 bits per heavy atom. The molecule has 2 amide bonds. The Balaban J connectivity index is 1.63. The van der Waals surface area contributed by atoms with Gasteiger partial charge in [0, 0.05) is 22.6 Å². The molecule has 4 N–H and O–H groups in total. The average molecular weight is 363 g/mol. The van der Waals surface area contributed by atoms with Crippen molar-refractivity contribution in [2.24, 2.45) is 0 Å². The van der Waals surface area contributed by atoms with Crippen molar-refractivity contribution < 1.29 is 14.0 Å². The van der Waals surface area contributed by atoms with Crippen molar-refractivity contribution >= 4 is 28.9 Å². The number of amides is 2. The highest BCUT2D eigenvalue weighted by molar-refractivity contribution is 6.05. The van der Waals surface area contributed by atoms with Gasteiger partial charge in [-0.05, 0) is 60.2 Å². The van der Waals surface area contributed by atoms with Crippen molar-refractivity contribution in [3.05, 3.63) is 89.7 Å². The smallest absolute Gasteiger partial charge is 0.255 e. The lowest BCUT2D eigenvalue weighted by molar-refractivity contribution is -0.115. The number of nitrogens with two attached hydrogens (primary N) is 1. The molecule has 0 bridgehead atoms. The van der Waals surface area contributed by atoms with Gasteiger partial charge in [-0.2, -0.15) is 0 Å².